The van der Waals surface area contributed by atoms with Gasteiger partial charge in [0.1, 0.15) is 0 Å². The molecule has 17 heavy (non-hydrogen) atoms. The fourth-order valence-corrected chi connectivity index (χ4v) is 2.26. The molecule has 3 nitrogen and oxygen atoms in total. The van der Waals surface area contributed by atoms with E-state index in [-0.39, 0.29) is 23.7 Å². The average molecular weight is 231 g/mol. The monoisotopic (exact) mass is 231 g/mol. The Kier molecular flexibility index (Phi) is 3.01. The molecule has 1 saturated heterocycles. The minimum Gasteiger partial charge on any atom is -0.296 e. The van der Waals surface area contributed by atoms with E-state index in [1.807, 2.05) is 26.0 Å². The van der Waals surface area contributed by atoms with Gasteiger partial charge in [-0.2, -0.15) is 0 Å². The van der Waals surface area contributed by atoms with Crippen molar-refractivity contribution in [2.45, 2.75) is 33.1 Å². The summed E-state index contributed by atoms with van der Waals surface area (Å²) in [7, 11) is 0. The number of hydrogen-bond acceptors (Lipinski definition) is 2. The second-order valence-corrected chi connectivity index (χ2v) is 4.86. The van der Waals surface area contributed by atoms with E-state index in [0.29, 0.717) is 6.42 Å². The van der Waals surface area contributed by atoms with E-state index >= 15 is 0 Å². The SMILES string of the molecule is Cc1ccc(C2CC(=O)NC(=O)C2C)cc1C. The first-order chi connectivity index (χ1) is 7.99. The van der Waals surface area contributed by atoms with Gasteiger partial charge in [0, 0.05) is 18.3 Å². The number of piperidine rings is 1. The second kappa shape index (κ2) is 4.32. The Morgan fingerprint density at radius 1 is 1.18 bits per heavy atom. The molecule has 0 radical (unpaired) electrons. The zero-order chi connectivity index (χ0) is 12.6. The third kappa shape index (κ3) is 2.23. The van der Waals surface area contributed by atoms with Crippen LogP contribution in [0.2, 0.25) is 0 Å². The molecule has 0 saturated carbocycles. The van der Waals surface area contributed by atoms with Gasteiger partial charge in [0.05, 0.1) is 0 Å². The predicted octanol–water partition coefficient (Wildman–Crippen LogP) is 2.07. The molecule has 0 bridgehead atoms. The molecular formula is C14H17NO2. The van der Waals surface area contributed by atoms with Crippen LogP contribution in [0.5, 0.6) is 0 Å². The van der Waals surface area contributed by atoms with Crippen molar-refractivity contribution in [3.05, 3.63) is 34.9 Å². The number of benzene rings is 1. The number of rotatable bonds is 1. The van der Waals surface area contributed by atoms with Crippen LogP contribution in [0.1, 0.15) is 36.0 Å². The summed E-state index contributed by atoms with van der Waals surface area (Å²) >= 11 is 0. The van der Waals surface area contributed by atoms with Crippen LogP contribution in [-0.4, -0.2) is 11.8 Å². The van der Waals surface area contributed by atoms with E-state index in [1.54, 1.807) is 0 Å². The van der Waals surface area contributed by atoms with Gasteiger partial charge < -0.3 is 0 Å². The van der Waals surface area contributed by atoms with Gasteiger partial charge >= 0.3 is 0 Å². The lowest BCUT2D eigenvalue weighted by atomic mass is 9.81. The Hall–Kier alpha value is -1.64. The van der Waals surface area contributed by atoms with Crippen LogP contribution in [0, 0.1) is 19.8 Å². The molecule has 1 aromatic rings. The number of nitrogens with one attached hydrogen (secondary N) is 1. The summed E-state index contributed by atoms with van der Waals surface area (Å²) in [4.78, 5) is 23.0. The Morgan fingerprint density at radius 3 is 2.53 bits per heavy atom. The molecule has 2 unspecified atom stereocenters. The molecular weight excluding hydrogens is 214 g/mol. The van der Waals surface area contributed by atoms with Crippen LogP contribution < -0.4 is 5.32 Å². The van der Waals surface area contributed by atoms with Gasteiger partial charge in [-0.15, -0.1) is 0 Å². The topological polar surface area (TPSA) is 46.2 Å². The highest BCUT2D eigenvalue weighted by atomic mass is 16.2. The molecule has 1 aliphatic heterocycles. The van der Waals surface area contributed by atoms with E-state index in [0.717, 1.165) is 5.56 Å². The molecule has 3 heteroatoms. The van der Waals surface area contributed by atoms with Crippen molar-refractivity contribution in [2.24, 2.45) is 5.92 Å². The van der Waals surface area contributed by atoms with Crippen LogP contribution in [-0.2, 0) is 9.59 Å². The Morgan fingerprint density at radius 2 is 1.88 bits per heavy atom. The molecule has 0 aromatic heterocycles. The highest BCUT2D eigenvalue weighted by molar-refractivity contribution is 5.99. The molecule has 2 atom stereocenters. The second-order valence-electron chi connectivity index (χ2n) is 4.86. The summed E-state index contributed by atoms with van der Waals surface area (Å²) in [6.07, 6.45) is 0.398. The smallest absolute Gasteiger partial charge is 0.230 e. The van der Waals surface area contributed by atoms with Gasteiger partial charge in [0.15, 0.2) is 0 Å². The molecule has 1 aliphatic rings. The first kappa shape index (κ1) is 11.8. The van der Waals surface area contributed by atoms with Crippen LogP contribution >= 0.6 is 0 Å². The summed E-state index contributed by atoms with van der Waals surface area (Å²) in [5.41, 5.74) is 3.52. The third-order valence-electron chi connectivity index (χ3n) is 3.64. The molecule has 1 fully saturated rings. The van der Waals surface area contributed by atoms with Gasteiger partial charge in [-0.05, 0) is 30.5 Å². The van der Waals surface area contributed by atoms with Gasteiger partial charge in [-0.3, -0.25) is 14.9 Å². The van der Waals surface area contributed by atoms with Crippen LogP contribution in [0.15, 0.2) is 18.2 Å². The molecule has 0 spiro atoms. The van der Waals surface area contributed by atoms with Crippen molar-refractivity contribution in [3.63, 3.8) is 0 Å². The lowest BCUT2D eigenvalue weighted by molar-refractivity contribution is -0.136. The van der Waals surface area contributed by atoms with E-state index in [9.17, 15) is 9.59 Å². The summed E-state index contributed by atoms with van der Waals surface area (Å²) < 4.78 is 0. The van der Waals surface area contributed by atoms with E-state index in [2.05, 4.69) is 18.3 Å². The van der Waals surface area contributed by atoms with Crippen LogP contribution in [0.3, 0.4) is 0 Å². The largest absolute Gasteiger partial charge is 0.296 e. The van der Waals surface area contributed by atoms with Crippen molar-refractivity contribution in [2.75, 3.05) is 0 Å². The molecule has 2 amide bonds. The van der Waals surface area contributed by atoms with Gasteiger partial charge in [0.2, 0.25) is 11.8 Å². The van der Waals surface area contributed by atoms with E-state index < -0.39 is 0 Å². The van der Waals surface area contributed by atoms with Crippen LogP contribution in [0.4, 0.5) is 0 Å². The average Bonchev–Trinajstić information content (AvgIpc) is 2.27. The summed E-state index contributed by atoms with van der Waals surface area (Å²) in [5, 5.41) is 2.38. The lowest BCUT2D eigenvalue weighted by Crippen LogP contribution is -2.43. The fourth-order valence-electron chi connectivity index (χ4n) is 2.26. The predicted molar refractivity (Wildman–Crippen MR) is 65.6 cm³/mol. The van der Waals surface area contributed by atoms with Crippen molar-refractivity contribution in [1.29, 1.82) is 0 Å². The minimum absolute atomic E-state index is 0.00977. The third-order valence-corrected chi connectivity index (χ3v) is 3.64. The maximum Gasteiger partial charge on any atom is 0.230 e. The summed E-state index contributed by atoms with van der Waals surface area (Å²) in [6.45, 7) is 5.98. The Labute approximate surface area is 101 Å². The summed E-state index contributed by atoms with van der Waals surface area (Å²) in [5.74, 6) is -0.467. The standard InChI is InChI=1S/C14H17NO2/c1-8-4-5-11(6-9(8)2)12-7-13(16)15-14(17)10(12)3/h4-6,10,12H,7H2,1-3H3,(H,15,16,17). The normalized spacial score (nSPS) is 24.6. The maximum absolute atomic E-state index is 11.6. The zero-order valence-electron chi connectivity index (χ0n) is 10.4. The quantitative estimate of drug-likeness (QED) is 0.752. The first-order valence-electron chi connectivity index (χ1n) is 5.90. The van der Waals surface area contributed by atoms with Crippen LogP contribution in [0.25, 0.3) is 0 Å². The molecule has 1 aromatic carbocycles. The number of carbonyl (C=O) groups is 2. The van der Waals surface area contributed by atoms with Crippen molar-refractivity contribution < 1.29 is 9.59 Å². The summed E-state index contributed by atoms with van der Waals surface area (Å²) in [6, 6.07) is 6.16. The number of aryl methyl sites for hydroxylation is 2. The lowest BCUT2D eigenvalue weighted by Gasteiger charge is -2.28. The molecule has 90 valence electrons. The number of imide groups is 1. The number of amides is 2. The number of carbonyl (C=O) groups excluding carboxylic acids is 2. The maximum atomic E-state index is 11.6. The fraction of sp³-hybridized carbons (Fsp3) is 0.429. The molecule has 1 heterocycles. The van der Waals surface area contributed by atoms with E-state index in [1.165, 1.54) is 11.1 Å². The highest BCUT2D eigenvalue weighted by Crippen LogP contribution is 2.31. The van der Waals surface area contributed by atoms with Gasteiger partial charge in [-0.25, -0.2) is 0 Å². The molecule has 2 rings (SSSR count). The first-order valence-corrected chi connectivity index (χ1v) is 5.90. The van der Waals surface area contributed by atoms with E-state index in [4.69, 9.17) is 0 Å². The highest BCUT2D eigenvalue weighted by Gasteiger charge is 2.33. The zero-order valence-corrected chi connectivity index (χ0v) is 10.4. The Bertz CT molecular complexity index is 479. The van der Waals surface area contributed by atoms with Crippen molar-refractivity contribution in [1.82, 2.24) is 5.32 Å². The van der Waals surface area contributed by atoms with Crippen molar-refractivity contribution in [3.8, 4) is 0 Å². The molecule has 1 N–H and O–H groups in total. The molecule has 0 aliphatic carbocycles. The number of hydrogen-bond donors (Lipinski definition) is 1. The van der Waals surface area contributed by atoms with Crippen molar-refractivity contribution >= 4 is 11.8 Å². The van der Waals surface area contributed by atoms with Gasteiger partial charge in [0.25, 0.3) is 0 Å². The minimum atomic E-state index is -0.170. The Balaban J connectivity index is 2.34. The van der Waals surface area contributed by atoms with Gasteiger partial charge in [-0.1, -0.05) is 25.1 Å².